The fourth-order valence-corrected chi connectivity index (χ4v) is 2.72. The molecule has 1 N–H and O–H groups in total. The molecule has 0 aromatic heterocycles. The van der Waals surface area contributed by atoms with E-state index in [-0.39, 0.29) is 12.4 Å². The lowest BCUT2D eigenvalue weighted by Gasteiger charge is -2.22. The lowest BCUT2D eigenvalue weighted by molar-refractivity contribution is -0.162. The highest BCUT2D eigenvalue weighted by Gasteiger charge is 2.13. The molecule has 1 aliphatic rings. The quantitative estimate of drug-likeness (QED) is 0.385. The van der Waals surface area contributed by atoms with Gasteiger partial charge in [0, 0.05) is 13.2 Å². The molecule has 1 fully saturated rings. The third kappa shape index (κ3) is 12.2. The smallest absolute Gasteiger partial charge is 0.157 e. The molecule has 1 heterocycles. The van der Waals surface area contributed by atoms with Crippen LogP contribution in [0.1, 0.15) is 84.0 Å². The van der Waals surface area contributed by atoms with E-state index < -0.39 is 0 Å². The molecule has 1 saturated heterocycles. The van der Waals surface area contributed by atoms with Crippen molar-refractivity contribution in [2.45, 2.75) is 96.4 Å². The summed E-state index contributed by atoms with van der Waals surface area (Å²) in [6.07, 6.45) is 18.7. The summed E-state index contributed by atoms with van der Waals surface area (Å²) in [6, 6.07) is 0. The van der Waals surface area contributed by atoms with Crippen molar-refractivity contribution in [2.24, 2.45) is 0 Å². The van der Waals surface area contributed by atoms with E-state index in [0.29, 0.717) is 0 Å². The van der Waals surface area contributed by atoms with Crippen LogP contribution in [-0.2, 0) is 9.47 Å². The molecule has 22 heavy (non-hydrogen) atoms. The van der Waals surface area contributed by atoms with Crippen LogP contribution in [0, 0.1) is 0 Å². The summed E-state index contributed by atoms with van der Waals surface area (Å²) < 4.78 is 11.3. The highest BCUT2D eigenvalue weighted by atomic mass is 16.7. The summed E-state index contributed by atoms with van der Waals surface area (Å²) in [5.41, 5.74) is 0. The molecule has 2 atom stereocenters. The third-order valence-corrected chi connectivity index (χ3v) is 4.10. The Labute approximate surface area is 137 Å². The van der Waals surface area contributed by atoms with Crippen LogP contribution in [0.2, 0.25) is 0 Å². The summed E-state index contributed by atoms with van der Waals surface area (Å²) in [5, 5.41) is 9.12. The molecular weight excluding hydrogens is 276 g/mol. The predicted octanol–water partition coefficient (Wildman–Crippen LogP) is 4.98. The average Bonchev–Trinajstić information content (AvgIpc) is 2.52. The van der Waals surface area contributed by atoms with Crippen molar-refractivity contribution >= 4 is 0 Å². The van der Waals surface area contributed by atoms with E-state index in [4.69, 9.17) is 14.6 Å². The van der Waals surface area contributed by atoms with Crippen molar-refractivity contribution < 1.29 is 14.6 Å². The first-order valence-corrected chi connectivity index (χ1v) is 9.35. The molecule has 2 unspecified atom stereocenters. The van der Waals surface area contributed by atoms with Gasteiger partial charge in [-0.2, -0.15) is 0 Å². The maximum absolute atomic E-state index is 9.12. The number of unbranched alkanes of at least 4 members (excludes halogenated alkanes) is 7. The lowest BCUT2D eigenvalue weighted by atomic mass is 10.1. The number of aliphatic hydroxyl groups is 1. The molecule has 1 aliphatic heterocycles. The Kier molecular flexibility index (Phi) is 12.7. The van der Waals surface area contributed by atoms with E-state index in [1.807, 2.05) is 6.92 Å². The van der Waals surface area contributed by atoms with E-state index in [9.17, 15) is 0 Å². The van der Waals surface area contributed by atoms with E-state index >= 15 is 0 Å². The second-order valence-electron chi connectivity index (χ2n) is 6.49. The van der Waals surface area contributed by atoms with Gasteiger partial charge in [0.25, 0.3) is 0 Å². The SMILES string of the molecule is CC(O)C/C=C/CCCCCCCCCOC1CCCCO1. The fourth-order valence-electron chi connectivity index (χ4n) is 2.72. The van der Waals surface area contributed by atoms with Crippen molar-refractivity contribution in [3.05, 3.63) is 12.2 Å². The van der Waals surface area contributed by atoms with E-state index in [1.54, 1.807) is 0 Å². The molecule has 1 rings (SSSR count). The molecule has 0 radical (unpaired) electrons. The van der Waals surface area contributed by atoms with Crippen LogP contribution in [0.25, 0.3) is 0 Å². The minimum Gasteiger partial charge on any atom is -0.393 e. The first-order chi connectivity index (χ1) is 10.8. The maximum Gasteiger partial charge on any atom is 0.157 e. The Bertz CT molecular complexity index is 257. The van der Waals surface area contributed by atoms with Gasteiger partial charge in [-0.1, -0.05) is 44.3 Å². The predicted molar refractivity (Wildman–Crippen MR) is 91.9 cm³/mol. The number of aliphatic hydroxyl groups excluding tert-OH is 1. The zero-order valence-electron chi connectivity index (χ0n) is 14.5. The Morgan fingerprint density at radius 2 is 1.77 bits per heavy atom. The molecule has 0 aromatic carbocycles. The first-order valence-electron chi connectivity index (χ1n) is 9.35. The van der Waals surface area contributed by atoms with Gasteiger partial charge < -0.3 is 14.6 Å². The standard InChI is InChI=1S/C19H36O3/c1-18(20)14-10-8-6-4-2-3-5-7-9-12-16-21-19-15-11-13-17-22-19/h8,10,18-20H,2-7,9,11-17H2,1H3/b10-8+. The van der Waals surface area contributed by atoms with Crippen LogP contribution in [0.15, 0.2) is 12.2 Å². The molecule has 0 amide bonds. The summed E-state index contributed by atoms with van der Waals surface area (Å²) in [4.78, 5) is 0. The number of rotatable bonds is 13. The van der Waals surface area contributed by atoms with Crippen molar-refractivity contribution in [2.75, 3.05) is 13.2 Å². The normalized spacial score (nSPS) is 20.5. The minimum absolute atomic E-state index is 0.0793. The topological polar surface area (TPSA) is 38.7 Å². The highest BCUT2D eigenvalue weighted by molar-refractivity contribution is 4.82. The van der Waals surface area contributed by atoms with Gasteiger partial charge in [-0.15, -0.1) is 0 Å². The number of hydrogen-bond donors (Lipinski definition) is 1. The van der Waals surface area contributed by atoms with Gasteiger partial charge >= 0.3 is 0 Å². The second kappa shape index (κ2) is 14.2. The Hall–Kier alpha value is -0.380. The van der Waals surface area contributed by atoms with Gasteiger partial charge in [-0.25, -0.2) is 0 Å². The molecule has 0 saturated carbocycles. The Morgan fingerprint density at radius 1 is 1.05 bits per heavy atom. The third-order valence-electron chi connectivity index (χ3n) is 4.10. The Morgan fingerprint density at radius 3 is 2.45 bits per heavy atom. The molecule has 0 aliphatic carbocycles. The summed E-state index contributed by atoms with van der Waals surface area (Å²) in [5.74, 6) is 0. The van der Waals surface area contributed by atoms with Crippen LogP contribution in [0.3, 0.4) is 0 Å². The maximum atomic E-state index is 9.12. The molecule has 3 nitrogen and oxygen atoms in total. The van der Waals surface area contributed by atoms with E-state index in [2.05, 4.69) is 12.2 Å². The van der Waals surface area contributed by atoms with Crippen molar-refractivity contribution in [3.63, 3.8) is 0 Å². The fraction of sp³-hybridized carbons (Fsp3) is 0.895. The van der Waals surface area contributed by atoms with E-state index in [0.717, 1.165) is 32.5 Å². The largest absolute Gasteiger partial charge is 0.393 e. The molecule has 130 valence electrons. The number of allylic oxidation sites excluding steroid dienone is 1. The van der Waals surface area contributed by atoms with Crippen LogP contribution in [-0.4, -0.2) is 30.7 Å². The zero-order chi connectivity index (χ0) is 15.9. The van der Waals surface area contributed by atoms with Gasteiger partial charge in [0.2, 0.25) is 0 Å². The highest BCUT2D eigenvalue weighted by Crippen LogP contribution is 2.14. The van der Waals surface area contributed by atoms with Gasteiger partial charge in [-0.05, 0) is 51.9 Å². The summed E-state index contributed by atoms with van der Waals surface area (Å²) in [6.45, 7) is 3.56. The van der Waals surface area contributed by atoms with E-state index in [1.165, 1.54) is 57.8 Å². The first kappa shape index (κ1) is 19.7. The molecule has 0 bridgehead atoms. The van der Waals surface area contributed by atoms with Crippen molar-refractivity contribution in [3.8, 4) is 0 Å². The van der Waals surface area contributed by atoms with Crippen LogP contribution in [0.5, 0.6) is 0 Å². The summed E-state index contributed by atoms with van der Waals surface area (Å²) in [7, 11) is 0. The average molecular weight is 312 g/mol. The van der Waals surface area contributed by atoms with Gasteiger partial charge in [-0.3, -0.25) is 0 Å². The van der Waals surface area contributed by atoms with Crippen LogP contribution < -0.4 is 0 Å². The molecule has 0 aromatic rings. The zero-order valence-corrected chi connectivity index (χ0v) is 14.5. The van der Waals surface area contributed by atoms with Crippen molar-refractivity contribution in [1.82, 2.24) is 0 Å². The van der Waals surface area contributed by atoms with Gasteiger partial charge in [0.05, 0.1) is 6.10 Å². The number of hydrogen-bond acceptors (Lipinski definition) is 3. The van der Waals surface area contributed by atoms with Gasteiger partial charge in [0.1, 0.15) is 0 Å². The lowest BCUT2D eigenvalue weighted by Crippen LogP contribution is -2.22. The molecule has 0 spiro atoms. The monoisotopic (exact) mass is 312 g/mol. The van der Waals surface area contributed by atoms with Crippen LogP contribution >= 0.6 is 0 Å². The number of ether oxygens (including phenoxy) is 2. The van der Waals surface area contributed by atoms with Gasteiger partial charge in [0.15, 0.2) is 6.29 Å². The molecule has 3 heteroatoms. The minimum atomic E-state index is -0.204. The molecular formula is C19H36O3. The van der Waals surface area contributed by atoms with Crippen molar-refractivity contribution in [1.29, 1.82) is 0 Å². The Balaban J connectivity index is 1.73. The summed E-state index contributed by atoms with van der Waals surface area (Å²) >= 11 is 0. The second-order valence-corrected chi connectivity index (χ2v) is 6.49. The van der Waals surface area contributed by atoms with Crippen LogP contribution in [0.4, 0.5) is 0 Å².